The average molecular weight is 444 g/mol. The van der Waals surface area contributed by atoms with Crippen molar-refractivity contribution in [2.45, 2.75) is 6.92 Å². The van der Waals surface area contributed by atoms with E-state index in [1.165, 1.54) is 5.69 Å². The second kappa shape index (κ2) is 8.32. The molecule has 0 amide bonds. The molecule has 1 aliphatic rings. The van der Waals surface area contributed by atoms with Crippen LogP contribution in [0.5, 0.6) is 0 Å². The number of benzene rings is 2. The molecular formula is C26H26ClN5. The molecular weight excluding hydrogens is 418 g/mol. The smallest absolute Gasteiger partial charge is 0.142 e. The Kier molecular flexibility index (Phi) is 5.35. The fraction of sp³-hybridized carbons (Fsp3) is 0.231. The van der Waals surface area contributed by atoms with E-state index in [1.807, 2.05) is 44.4 Å². The van der Waals surface area contributed by atoms with Crippen molar-refractivity contribution in [1.82, 2.24) is 14.5 Å². The summed E-state index contributed by atoms with van der Waals surface area (Å²) in [5, 5.41) is 0.715. The Labute approximate surface area is 193 Å². The number of aryl methyl sites for hydroxylation is 1. The molecule has 3 heterocycles. The van der Waals surface area contributed by atoms with E-state index in [4.69, 9.17) is 16.6 Å². The number of anilines is 2. The van der Waals surface area contributed by atoms with Gasteiger partial charge in [0.25, 0.3) is 0 Å². The number of fused-ring (bicyclic) bond motifs is 1. The third-order valence-electron chi connectivity index (χ3n) is 6.19. The van der Waals surface area contributed by atoms with Gasteiger partial charge < -0.3 is 14.4 Å². The number of aromatic nitrogens is 3. The van der Waals surface area contributed by atoms with Crippen molar-refractivity contribution in [3.8, 4) is 11.4 Å². The number of para-hydroxylation sites is 2. The molecule has 0 atom stereocenters. The van der Waals surface area contributed by atoms with E-state index >= 15 is 0 Å². The van der Waals surface area contributed by atoms with Gasteiger partial charge in [-0.25, -0.2) is 9.97 Å². The molecule has 1 aliphatic heterocycles. The first-order valence-electron chi connectivity index (χ1n) is 10.8. The van der Waals surface area contributed by atoms with Crippen molar-refractivity contribution >= 4 is 39.7 Å². The Bertz CT molecular complexity index is 1280. The third-order valence-corrected chi connectivity index (χ3v) is 6.52. The van der Waals surface area contributed by atoms with Crippen LogP contribution < -0.4 is 9.80 Å². The largest absolute Gasteiger partial charge is 0.368 e. The molecule has 0 N–H and O–H groups in total. The summed E-state index contributed by atoms with van der Waals surface area (Å²) in [5.41, 5.74) is 6.33. The lowest BCUT2D eigenvalue weighted by molar-refractivity contribution is 0.647. The van der Waals surface area contributed by atoms with Gasteiger partial charge in [0.1, 0.15) is 11.6 Å². The number of pyridine rings is 1. The van der Waals surface area contributed by atoms with E-state index in [1.54, 1.807) is 0 Å². The predicted molar refractivity (Wildman–Crippen MR) is 135 cm³/mol. The van der Waals surface area contributed by atoms with Crippen LogP contribution in [-0.2, 0) is 7.05 Å². The van der Waals surface area contributed by atoms with E-state index in [0.29, 0.717) is 5.02 Å². The molecule has 2 aromatic heterocycles. The number of piperazine rings is 1. The van der Waals surface area contributed by atoms with Gasteiger partial charge in [-0.15, -0.1) is 0 Å². The minimum atomic E-state index is 0.715. The molecule has 32 heavy (non-hydrogen) atoms. The van der Waals surface area contributed by atoms with Crippen molar-refractivity contribution in [3.63, 3.8) is 0 Å². The van der Waals surface area contributed by atoms with E-state index in [0.717, 1.165) is 65.6 Å². The molecule has 0 radical (unpaired) electrons. The van der Waals surface area contributed by atoms with Crippen LogP contribution in [-0.4, -0.2) is 40.7 Å². The highest BCUT2D eigenvalue weighted by Gasteiger charge is 2.20. The minimum Gasteiger partial charge on any atom is -0.368 e. The molecule has 0 bridgehead atoms. The first-order chi connectivity index (χ1) is 15.5. The van der Waals surface area contributed by atoms with Gasteiger partial charge in [0.05, 0.1) is 16.1 Å². The Morgan fingerprint density at radius 3 is 2.41 bits per heavy atom. The van der Waals surface area contributed by atoms with Crippen LogP contribution in [0.2, 0.25) is 5.02 Å². The van der Waals surface area contributed by atoms with E-state index in [2.05, 4.69) is 56.3 Å². The molecule has 4 aromatic rings. The lowest BCUT2D eigenvalue weighted by Gasteiger charge is -2.37. The predicted octanol–water partition coefficient (Wildman–Crippen LogP) is 5.65. The molecule has 5 nitrogen and oxygen atoms in total. The zero-order chi connectivity index (χ0) is 22.2. The second-order valence-electron chi connectivity index (χ2n) is 8.31. The van der Waals surface area contributed by atoms with Crippen LogP contribution in [0.1, 0.15) is 12.5 Å². The van der Waals surface area contributed by atoms with Gasteiger partial charge in [-0.3, -0.25) is 0 Å². The van der Waals surface area contributed by atoms with Gasteiger partial charge in [-0.2, -0.15) is 0 Å². The fourth-order valence-corrected chi connectivity index (χ4v) is 4.49. The van der Waals surface area contributed by atoms with Gasteiger partial charge in [0.15, 0.2) is 0 Å². The minimum absolute atomic E-state index is 0.715. The molecule has 0 spiro atoms. The van der Waals surface area contributed by atoms with Crippen molar-refractivity contribution in [1.29, 1.82) is 0 Å². The van der Waals surface area contributed by atoms with Gasteiger partial charge >= 0.3 is 0 Å². The van der Waals surface area contributed by atoms with Crippen LogP contribution in [0, 0.1) is 0 Å². The summed E-state index contributed by atoms with van der Waals surface area (Å²) in [6.07, 6.45) is 1.91. The Morgan fingerprint density at radius 2 is 1.72 bits per heavy atom. The summed E-state index contributed by atoms with van der Waals surface area (Å²) in [5.74, 6) is 1.91. The molecule has 0 saturated carbocycles. The van der Waals surface area contributed by atoms with E-state index in [-0.39, 0.29) is 0 Å². The highest BCUT2D eigenvalue weighted by molar-refractivity contribution is 6.33. The van der Waals surface area contributed by atoms with Crippen LogP contribution in [0.3, 0.4) is 0 Å². The maximum Gasteiger partial charge on any atom is 0.142 e. The van der Waals surface area contributed by atoms with Gasteiger partial charge in [0, 0.05) is 50.7 Å². The van der Waals surface area contributed by atoms with Gasteiger partial charge in [-0.05, 0) is 60.5 Å². The van der Waals surface area contributed by atoms with Gasteiger partial charge in [-0.1, -0.05) is 30.3 Å². The number of nitrogens with zero attached hydrogens (tertiary/aromatic N) is 5. The van der Waals surface area contributed by atoms with Crippen molar-refractivity contribution in [2.24, 2.45) is 7.05 Å². The number of allylic oxidation sites excluding steroid dienone is 1. The quantitative estimate of drug-likeness (QED) is 0.408. The monoisotopic (exact) mass is 443 g/mol. The lowest BCUT2D eigenvalue weighted by atomic mass is 10.1. The molecule has 162 valence electrons. The molecule has 1 fully saturated rings. The summed E-state index contributed by atoms with van der Waals surface area (Å²) in [6, 6.07) is 18.6. The lowest BCUT2D eigenvalue weighted by Crippen LogP contribution is -2.46. The zero-order valence-corrected chi connectivity index (χ0v) is 19.2. The van der Waals surface area contributed by atoms with Crippen LogP contribution in [0.4, 0.5) is 11.5 Å². The summed E-state index contributed by atoms with van der Waals surface area (Å²) in [4.78, 5) is 14.2. The molecule has 1 saturated heterocycles. The standard InChI is InChI=1S/C26H26ClN5/c1-18(2)19-8-11-25(28-17-19)32-14-12-31(13-15-32)20-9-10-22(27)21(16-20)26-29-23-6-4-5-7-24(23)30(26)3/h4-11,16-17H,1,12-15H2,2-3H3. The SMILES string of the molecule is C=C(C)c1ccc(N2CCN(c3ccc(Cl)c(-c4nc5ccccc5n4C)c3)CC2)nc1. The fourth-order valence-electron chi connectivity index (χ4n) is 4.29. The molecule has 2 aromatic carbocycles. The first-order valence-corrected chi connectivity index (χ1v) is 11.2. The third kappa shape index (κ3) is 3.73. The second-order valence-corrected chi connectivity index (χ2v) is 8.71. The Hall–Kier alpha value is -3.31. The summed E-state index contributed by atoms with van der Waals surface area (Å²) >= 11 is 6.61. The normalized spacial score (nSPS) is 14.2. The van der Waals surface area contributed by atoms with Crippen LogP contribution >= 0.6 is 11.6 Å². The molecule has 6 heteroatoms. The maximum atomic E-state index is 6.61. The molecule has 0 unspecified atom stereocenters. The number of hydrogen-bond donors (Lipinski definition) is 0. The first kappa shape index (κ1) is 20.6. The highest BCUT2D eigenvalue weighted by atomic mass is 35.5. The van der Waals surface area contributed by atoms with Crippen LogP contribution in [0.15, 0.2) is 67.4 Å². The topological polar surface area (TPSA) is 37.2 Å². The number of imidazole rings is 1. The summed E-state index contributed by atoms with van der Waals surface area (Å²) < 4.78 is 2.11. The Morgan fingerprint density at radius 1 is 0.969 bits per heavy atom. The zero-order valence-electron chi connectivity index (χ0n) is 18.4. The van der Waals surface area contributed by atoms with Crippen molar-refractivity contribution in [2.75, 3.05) is 36.0 Å². The number of hydrogen-bond acceptors (Lipinski definition) is 4. The van der Waals surface area contributed by atoms with Crippen molar-refractivity contribution < 1.29 is 0 Å². The van der Waals surface area contributed by atoms with Crippen LogP contribution in [0.25, 0.3) is 28.0 Å². The van der Waals surface area contributed by atoms with Gasteiger partial charge in [0.2, 0.25) is 0 Å². The molecule has 5 rings (SSSR count). The Balaban J connectivity index is 1.36. The number of rotatable bonds is 4. The van der Waals surface area contributed by atoms with E-state index in [9.17, 15) is 0 Å². The summed E-state index contributed by atoms with van der Waals surface area (Å²) in [6.45, 7) is 9.68. The van der Waals surface area contributed by atoms with E-state index < -0.39 is 0 Å². The summed E-state index contributed by atoms with van der Waals surface area (Å²) in [7, 11) is 2.04. The highest BCUT2D eigenvalue weighted by Crippen LogP contribution is 2.33. The number of halogens is 1. The average Bonchev–Trinajstić information content (AvgIpc) is 3.16. The molecule has 0 aliphatic carbocycles. The maximum absolute atomic E-state index is 6.61. The van der Waals surface area contributed by atoms with Crippen molar-refractivity contribution in [3.05, 3.63) is 78.0 Å².